The van der Waals surface area contributed by atoms with Gasteiger partial charge in [0, 0.05) is 17.8 Å². The SMILES string of the molecule is Cc1ccc(S(=O)(=O)OC[C@H]2C[C@@H](n3cc(-c4cccc(OCC56CCC(C)(CC5)O6)c4)c4c(N)ncnc43)C2)cc1. The Morgan fingerprint density at radius 3 is 2.55 bits per heavy atom. The van der Waals surface area contributed by atoms with Crippen LogP contribution in [0.2, 0.25) is 0 Å². The van der Waals surface area contributed by atoms with Crippen molar-refractivity contribution in [3.63, 3.8) is 0 Å². The molecule has 220 valence electrons. The number of anilines is 1. The largest absolute Gasteiger partial charge is 0.491 e. The molecular weight excluding hydrogens is 552 g/mol. The Kier molecular flexibility index (Phi) is 6.56. The molecule has 2 aromatic heterocycles. The van der Waals surface area contributed by atoms with Gasteiger partial charge in [-0.05, 0) is 88.1 Å². The van der Waals surface area contributed by atoms with Gasteiger partial charge in [0.1, 0.15) is 35.7 Å². The van der Waals surface area contributed by atoms with Crippen LogP contribution in [0.4, 0.5) is 5.82 Å². The lowest BCUT2D eigenvalue weighted by Crippen LogP contribution is -2.32. The van der Waals surface area contributed by atoms with Gasteiger partial charge in [0.2, 0.25) is 0 Å². The van der Waals surface area contributed by atoms with Crippen LogP contribution < -0.4 is 10.5 Å². The maximum absolute atomic E-state index is 12.6. The van der Waals surface area contributed by atoms with E-state index in [-0.39, 0.29) is 34.7 Å². The minimum atomic E-state index is -3.79. The monoisotopic (exact) mass is 588 g/mol. The first kappa shape index (κ1) is 27.4. The Balaban J connectivity index is 1.07. The van der Waals surface area contributed by atoms with Crippen molar-refractivity contribution in [3.8, 4) is 16.9 Å². The zero-order chi connectivity index (χ0) is 29.1. The number of fused-ring (bicyclic) bond motifs is 3. The number of aromatic nitrogens is 3. The van der Waals surface area contributed by atoms with Crippen LogP contribution >= 0.6 is 0 Å². The highest BCUT2D eigenvalue weighted by molar-refractivity contribution is 7.86. The molecular formula is C32H36N4O5S. The molecule has 1 saturated carbocycles. The first-order valence-electron chi connectivity index (χ1n) is 14.6. The molecule has 0 amide bonds. The average molecular weight is 589 g/mol. The van der Waals surface area contributed by atoms with Crippen molar-refractivity contribution in [2.45, 2.75) is 74.5 Å². The first-order valence-corrected chi connectivity index (χ1v) is 16.0. The molecule has 4 heterocycles. The Bertz CT molecular complexity index is 1740. The average Bonchev–Trinajstić information content (AvgIpc) is 3.61. The number of aryl methyl sites for hydroxylation is 1. The molecule has 2 N–H and O–H groups in total. The van der Waals surface area contributed by atoms with Crippen LogP contribution in [0.25, 0.3) is 22.2 Å². The predicted octanol–water partition coefficient (Wildman–Crippen LogP) is 5.83. The summed E-state index contributed by atoms with van der Waals surface area (Å²) in [5.74, 6) is 1.34. The van der Waals surface area contributed by atoms with E-state index in [2.05, 4.69) is 27.7 Å². The molecule has 3 aliphatic rings. The van der Waals surface area contributed by atoms with Gasteiger partial charge in [0.15, 0.2) is 0 Å². The number of nitrogens with zero attached hydrogens (tertiary/aromatic N) is 3. The molecule has 42 heavy (non-hydrogen) atoms. The first-order chi connectivity index (χ1) is 20.1. The summed E-state index contributed by atoms with van der Waals surface area (Å²) >= 11 is 0. The molecule has 2 saturated heterocycles. The lowest BCUT2D eigenvalue weighted by atomic mass is 9.81. The summed E-state index contributed by atoms with van der Waals surface area (Å²) in [5.41, 5.74) is 9.90. The normalized spacial score (nSPS) is 26.9. The van der Waals surface area contributed by atoms with Gasteiger partial charge in [-0.2, -0.15) is 8.42 Å². The van der Waals surface area contributed by atoms with E-state index in [0.717, 1.165) is 72.0 Å². The highest BCUT2D eigenvalue weighted by Crippen LogP contribution is 2.51. The molecule has 0 spiro atoms. The quantitative estimate of drug-likeness (QED) is 0.243. The van der Waals surface area contributed by atoms with E-state index in [4.69, 9.17) is 19.4 Å². The van der Waals surface area contributed by atoms with Crippen molar-refractivity contribution in [1.29, 1.82) is 0 Å². The zero-order valence-corrected chi connectivity index (χ0v) is 24.8. The summed E-state index contributed by atoms with van der Waals surface area (Å²) in [4.78, 5) is 9.05. The lowest BCUT2D eigenvalue weighted by molar-refractivity contribution is -0.0597. The number of rotatable bonds is 9. The second kappa shape index (κ2) is 10.1. The van der Waals surface area contributed by atoms with Gasteiger partial charge in [-0.1, -0.05) is 29.8 Å². The Morgan fingerprint density at radius 1 is 1.07 bits per heavy atom. The molecule has 1 aliphatic carbocycles. The predicted molar refractivity (Wildman–Crippen MR) is 160 cm³/mol. The molecule has 9 nitrogen and oxygen atoms in total. The molecule has 10 heteroatoms. The van der Waals surface area contributed by atoms with Gasteiger partial charge >= 0.3 is 0 Å². The van der Waals surface area contributed by atoms with Gasteiger partial charge in [-0.25, -0.2) is 9.97 Å². The van der Waals surface area contributed by atoms with Crippen molar-refractivity contribution in [3.05, 3.63) is 66.6 Å². The van der Waals surface area contributed by atoms with Crippen LogP contribution in [0, 0.1) is 12.8 Å². The van der Waals surface area contributed by atoms with E-state index >= 15 is 0 Å². The summed E-state index contributed by atoms with van der Waals surface area (Å²) in [7, 11) is -3.79. The number of ether oxygens (including phenoxy) is 2. The molecule has 0 unspecified atom stereocenters. The number of nitrogens with two attached hydrogens (primary N) is 1. The van der Waals surface area contributed by atoms with Gasteiger partial charge in [-0.15, -0.1) is 0 Å². The molecule has 3 fully saturated rings. The maximum Gasteiger partial charge on any atom is 0.296 e. The fraction of sp³-hybridized carbons (Fsp3) is 0.438. The second-order valence-corrected chi connectivity index (χ2v) is 14.1. The minimum Gasteiger partial charge on any atom is -0.491 e. The van der Waals surface area contributed by atoms with E-state index in [9.17, 15) is 8.42 Å². The van der Waals surface area contributed by atoms with Crippen LogP contribution in [0.5, 0.6) is 5.75 Å². The van der Waals surface area contributed by atoms with Crippen molar-refractivity contribution < 1.29 is 22.1 Å². The third-order valence-electron chi connectivity index (χ3n) is 9.34. The Labute approximate surface area is 246 Å². The van der Waals surface area contributed by atoms with Gasteiger partial charge in [-0.3, -0.25) is 4.18 Å². The minimum absolute atomic E-state index is 0.00652. The maximum atomic E-state index is 12.6. The third-order valence-corrected chi connectivity index (χ3v) is 10.6. The fourth-order valence-corrected chi connectivity index (χ4v) is 7.71. The van der Waals surface area contributed by atoms with Crippen molar-refractivity contribution in [2.75, 3.05) is 18.9 Å². The zero-order valence-electron chi connectivity index (χ0n) is 24.0. The van der Waals surface area contributed by atoms with E-state index in [0.29, 0.717) is 12.4 Å². The second-order valence-electron chi connectivity index (χ2n) is 12.5. The summed E-state index contributed by atoms with van der Waals surface area (Å²) in [5, 5.41) is 0.806. The van der Waals surface area contributed by atoms with Crippen LogP contribution in [-0.4, -0.2) is 47.4 Å². The van der Waals surface area contributed by atoms with Crippen molar-refractivity contribution >= 4 is 27.0 Å². The summed E-state index contributed by atoms with van der Waals surface area (Å²) in [6, 6.07) is 14.9. The molecule has 0 radical (unpaired) electrons. The van der Waals surface area contributed by atoms with E-state index in [1.165, 1.54) is 6.33 Å². The van der Waals surface area contributed by atoms with Gasteiger partial charge in [0.25, 0.3) is 10.1 Å². The Hall–Kier alpha value is -3.47. The van der Waals surface area contributed by atoms with Gasteiger partial charge < -0.3 is 19.8 Å². The van der Waals surface area contributed by atoms with Crippen molar-refractivity contribution in [1.82, 2.24) is 14.5 Å². The third kappa shape index (κ3) is 4.95. The molecule has 0 atom stereocenters. The van der Waals surface area contributed by atoms with Gasteiger partial charge in [0.05, 0.1) is 22.5 Å². The number of hydrogen-bond acceptors (Lipinski definition) is 8. The van der Waals surface area contributed by atoms with E-state index in [1.54, 1.807) is 24.3 Å². The fourth-order valence-electron chi connectivity index (χ4n) is 6.73. The van der Waals surface area contributed by atoms with Crippen LogP contribution in [0.3, 0.4) is 0 Å². The highest BCUT2D eigenvalue weighted by Gasteiger charge is 2.53. The lowest BCUT2D eigenvalue weighted by Gasteiger charge is -2.36. The molecule has 4 aromatic rings. The molecule has 2 aliphatic heterocycles. The van der Waals surface area contributed by atoms with Crippen LogP contribution in [-0.2, 0) is 19.0 Å². The summed E-state index contributed by atoms with van der Waals surface area (Å²) < 4.78 is 45.5. The van der Waals surface area contributed by atoms with E-state index < -0.39 is 10.1 Å². The van der Waals surface area contributed by atoms with Crippen molar-refractivity contribution in [2.24, 2.45) is 5.92 Å². The highest BCUT2D eigenvalue weighted by atomic mass is 32.2. The van der Waals surface area contributed by atoms with Crippen LogP contribution in [0.15, 0.2) is 66.0 Å². The Morgan fingerprint density at radius 2 is 1.83 bits per heavy atom. The summed E-state index contributed by atoms with van der Waals surface area (Å²) in [6.45, 7) is 4.82. The molecule has 7 rings (SSSR count). The standard InChI is InChI=1S/C32H36N4O5S/c1-21-6-8-26(9-7-21)42(37,38)40-18-22-14-24(15-22)36-17-27(28-29(33)34-20-35-30(28)36)23-4-3-5-25(16-23)39-19-32-12-10-31(2,41-32)11-13-32/h3-9,16-17,20,22,24H,10-15,18-19H2,1-2H3,(H2,33,34,35)/t22-,24+,31?,32?. The topological polar surface area (TPSA) is 119 Å². The number of benzene rings is 2. The number of nitrogen functional groups attached to an aromatic ring is 1. The smallest absolute Gasteiger partial charge is 0.296 e. The van der Waals surface area contributed by atoms with Crippen LogP contribution in [0.1, 0.15) is 57.1 Å². The summed E-state index contributed by atoms with van der Waals surface area (Å²) in [6.07, 6.45) is 9.38. The molecule has 2 bridgehead atoms. The molecule has 2 aromatic carbocycles. The van der Waals surface area contributed by atoms with E-state index in [1.807, 2.05) is 31.2 Å². The number of hydrogen-bond donors (Lipinski definition) is 1.